The molecule has 5 heteroatoms. The normalized spacial score (nSPS) is 9.60. The molecule has 2 N–H and O–H groups in total. The minimum atomic E-state index is -0.442. The summed E-state index contributed by atoms with van der Waals surface area (Å²) in [7, 11) is 0. The number of rotatable bonds is 1. The number of hydrogen-bond acceptors (Lipinski definition) is 4. The Labute approximate surface area is 114 Å². The lowest BCUT2D eigenvalue weighted by atomic mass is 10.2. The quantitative estimate of drug-likeness (QED) is 0.683. The van der Waals surface area contributed by atoms with Gasteiger partial charge < -0.3 is 10.2 Å². The Bertz CT molecular complexity index is 766. The topological polar surface area (TPSA) is 86.2 Å². The maximum Gasteiger partial charge on any atom is 0.336 e. The van der Waals surface area contributed by atoms with Crippen molar-refractivity contribution in [2.24, 2.45) is 5.73 Å². The van der Waals surface area contributed by atoms with E-state index in [-0.39, 0.29) is 5.63 Å². The van der Waals surface area contributed by atoms with Crippen LogP contribution in [0.1, 0.15) is 10.4 Å². The smallest absolute Gasteiger partial charge is 0.336 e. The van der Waals surface area contributed by atoms with Gasteiger partial charge in [-0.15, -0.1) is 0 Å². The van der Waals surface area contributed by atoms with Crippen molar-refractivity contribution >= 4 is 16.9 Å². The first-order valence-corrected chi connectivity index (χ1v) is 5.85. The van der Waals surface area contributed by atoms with E-state index in [4.69, 9.17) is 10.2 Å². The third-order valence-corrected chi connectivity index (χ3v) is 2.47. The monoisotopic (exact) mass is 268 g/mol. The number of nitrogens with zero attached hydrogens (tertiary/aromatic N) is 1. The first-order chi connectivity index (χ1) is 9.66. The Morgan fingerprint density at radius 3 is 2.50 bits per heavy atom. The number of carbonyl (C=O) groups is 1. The van der Waals surface area contributed by atoms with Crippen LogP contribution in [-0.4, -0.2) is 10.9 Å². The lowest BCUT2D eigenvalue weighted by Crippen LogP contribution is -2.10. The highest BCUT2D eigenvalue weighted by molar-refractivity contribution is 5.92. The van der Waals surface area contributed by atoms with E-state index < -0.39 is 5.91 Å². The third kappa shape index (κ3) is 3.52. The fourth-order valence-corrected chi connectivity index (χ4v) is 1.52. The van der Waals surface area contributed by atoms with Crippen LogP contribution in [0.3, 0.4) is 0 Å². The molecule has 0 aliphatic carbocycles. The van der Waals surface area contributed by atoms with Crippen LogP contribution in [0.5, 0.6) is 0 Å². The van der Waals surface area contributed by atoms with Crippen LogP contribution in [0.15, 0.2) is 70.1 Å². The number of carbonyl (C=O) groups excluding carboxylic acids is 1. The molecule has 100 valence electrons. The van der Waals surface area contributed by atoms with E-state index in [1.54, 1.807) is 30.5 Å². The van der Waals surface area contributed by atoms with Gasteiger partial charge in [0.1, 0.15) is 5.58 Å². The number of benzene rings is 1. The molecule has 20 heavy (non-hydrogen) atoms. The lowest BCUT2D eigenvalue weighted by Gasteiger charge is -1.91. The summed E-state index contributed by atoms with van der Waals surface area (Å²) in [5.41, 5.74) is 5.71. The Balaban J connectivity index is 0.000000151. The predicted octanol–water partition coefficient (Wildman–Crippen LogP) is 1.97. The van der Waals surface area contributed by atoms with Crippen molar-refractivity contribution in [3.05, 3.63) is 76.9 Å². The van der Waals surface area contributed by atoms with E-state index in [0.29, 0.717) is 11.1 Å². The molecule has 3 rings (SSSR count). The number of primary amides is 1. The van der Waals surface area contributed by atoms with Gasteiger partial charge >= 0.3 is 5.63 Å². The number of fused-ring (bicyclic) bond motifs is 1. The van der Waals surface area contributed by atoms with Gasteiger partial charge in [0, 0.05) is 23.8 Å². The molecule has 0 aliphatic rings. The van der Waals surface area contributed by atoms with Gasteiger partial charge in [-0.3, -0.25) is 9.78 Å². The molecule has 0 atom stereocenters. The van der Waals surface area contributed by atoms with Gasteiger partial charge in [-0.2, -0.15) is 0 Å². The van der Waals surface area contributed by atoms with Crippen molar-refractivity contribution < 1.29 is 9.21 Å². The van der Waals surface area contributed by atoms with E-state index >= 15 is 0 Å². The number of amides is 1. The summed E-state index contributed by atoms with van der Waals surface area (Å²) in [6, 6.07) is 13.9. The third-order valence-electron chi connectivity index (χ3n) is 2.47. The van der Waals surface area contributed by atoms with Gasteiger partial charge in [0.15, 0.2) is 0 Å². The zero-order chi connectivity index (χ0) is 14.4. The van der Waals surface area contributed by atoms with Gasteiger partial charge in [0.05, 0.1) is 5.56 Å². The van der Waals surface area contributed by atoms with E-state index in [0.717, 1.165) is 5.39 Å². The van der Waals surface area contributed by atoms with Gasteiger partial charge in [-0.25, -0.2) is 4.79 Å². The molecule has 1 aromatic carbocycles. The van der Waals surface area contributed by atoms with Gasteiger partial charge in [-0.05, 0) is 24.3 Å². The zero-order valence-corrected chi connectivity index (χ0v) is 10.5. The van der Waals surface area contributed by atoms with Crippen LogP contribution >= 0.6 is 0 Å². The average Bonchev–Trinajstić information content (AvgIpc) is 2.48. The van der Waals surface area contributed by atoms with E-state index in [1.807, 2.05) is 18.2 Å². The number of pyridine rings is 1. The summed E-state index contributed by atoms with van der Waals surface area (Å²) >= 11 is 0. The summed E-state index contributed by atoms with van der Waals surface area (Å²) in [6.07, 6.45) is 3.02. The lowest BCUT2D eigenvalue weighted by molar-refractivity contribution is 0.1000. The Morgan fingerprint density at radius 1 is 1.05 bits per heavy atom. The number of para-hydroxylation sites is 1. The van der Waals surface area contributed by atoms with Crippen molar-refractivity contribution in [1.82, 2.24) is 4.98 Å². The molecule has 0 saturated carbocycles. The van der Waals surface area contributed by atoms with Gasteiger partial charge in [-0.1, -0.05) is 18.2 Å². The Hall–Kier alpha value is -2.95. The largest absolute Gasteiger partial charge is 0.423 e. The van der Waals surface area contributed by atoms with E-state index in [1.165, 1.54) is 12.3 Å². The van der Waals surface area contributed by atoms with Crippen molar-refractivity contribution in [3.63, 3.8) is 0 Å². The zero-order valence-electron chi connectivity index (χ0n) is 10.5. The highest BCUT2D eigenvalue weighted by Crippen LogP contribution is 2.08. The molecule has 0 bridgehead atoms. The molecule has 0 saturated heterocycles. The molecular formula is C15H12N2O3. The standard InChI is InChI=1S/C9H6O2.C6H6N2O/c10-9-6-5-7-3-1-2-4-8(7)11-9;7-6(9)5-2-1-3-8-4-5/h1-6H;1-4H,(H2,7,9). The predicted molar refractivity (Wildman–Crippen MR) is 75.2 cm³/mol. The van der Waals surface area contributed by atoms with Crippen LogP contribution in [0, 0.1) is 0 Å². The molecule has 5 nitrogen and oxygen atoms in total. The van der Waals surface area contributed by atoms with Crippen molar-refractivity contribution in [3.8, 4) is 0 Å². The minimum Gasteiger partial charge on any atom is -0.423 e. The number of nitrogens with two attached hydrogens (primary N) is 1. The second-order valence-electron chi connectivity index (χ2n) is 3.90. The van der Waals surface area contributed by atoms with Crippen LogP contribution in [0.2, 0.25) is 0 Å². The Morgan fingerprint density at radius 2 is 1.85 bits per heavy atom. The summed E-state index contributed by atoms with van der Waals surface area (Å²) < 4.78 is 4.91. The van der Waals surface area contributed by atoms with Gasteiger partial charge in [0.2, 0.25) is 5.91 Å². The fraction of sp³-hybridized carbons (Fsp3) is 0. The second-order valence-corrected chi connectivity index (χ2v) is 3.90. The average molecular weight is 268 g/mol. The molecule has 2 aromatic heterocycles. The summed E-state index contributed by atoms with van der Waals surface area (Å²) in [6.45, 7) is 0. The molecule has 1 amide bonds. The SMILES string of the molecule is NC(=O)c1cccnc1.O=c1ccc2ccccc2o1. The van der Waals surface area contributed by atoms with Crippen molar-refractivity contribution in [1.29, 1.82) is 0 Å². The van der Waals surface area contributed by atoms with Crippen molar-refractivity contribution in [2.75, 3.05) is 0 Å². The molecule has 0 fully saturated rings. The second kappa shape index (κ2) is 6.29. The molecule has 0 radical (unpaired) electrons. The highest BCUT2D eigenvalue weighted by atomic mass is 16.4. The van der Waals surface area contributed by atoms with E-state index in [2.05, 4.69) is 4.98 Å². The first kappa shape index (κ1) is 13.5. The highest BCUT2D eigenvalue weighted by Gasteiger charge is 1.95. The van der Waals surface area contributed by atoms with Crippen LogP contribution in [0.4, 0.5) is 0 Å². The number of hydrogen-bond donors (Lipinski definition) is 1. The van der Waals surface area contributed by atoms with Crippen LogP contribution in [-0.2, 0) is 0 Å². The molecule has 0 aliphatic heterocycles. The maximum atomic E-state index is 10.7. The molecule has 2 heterocycles. The molecule has 0 unspecified atom stereocenters. The molecule has 0 spiro atoms. The maximum absolute atomic E-state index is 10.7. The summed E-state index contributed by atoms with van der Waals surface area (Å²) in [5.74, 6) is -0.442. The Kier molecular flexibility index (Phi) is 4.24. The summed E-state index contributed by atoms with van der Waals surface area (Å²) in [5, 5.41) is 0.951. The van der Waals surface area contributed by atoms with Gasteiger partial charge in [0.25, 0.3) is 0 Å². The minimum absolute atomic E-state index is 0.302. The summed E-state index contributed by atoms with van der Waals surface area (Å²) in [4.78, 5) is 24.8. The van der Waals surface area contributed by atoms with E-state index in [9.17, 15) is 9.59 Å². The fourth-order valence-electron chi connectivity index (χ4n) is 1.52. The van der Waals surface area contributed by atoms with Crippen LogP contribution in [0.25, 0.3) is 11.0 Å². The molecule has 3 aromatic rings. The van der Waals surface area contributed by atoms with Crippen LogP contribution < -0.4 is 11.4 Å². The first-order valence-electron chi connectivity index (χ1n) is 5.85. The van der Waals surface area contributed by atoms with Crippen molar-refractivity contribution in [2.45, 2.75) is 0 Å². The number of aromatic nitrogens is 1. The molecular weight excluding hydrogens is 256 g/mol.